The van der Waals surface area contributed by atoms with Crippen molar-refractivity contribution in [3.63, 3.8) is 0 Å². The maximum Gasteiger partial charge on any atom is 0.295 e. The fraction of sp³-hybridized carbons (Fsp3) is 0.250. The van der Waals surface area contributed by atoms with Gasteiger partial charge in [0.25, 0.3) is 17.4 Å². The van der Waals surface area contributed by atoms with Crippen LogP contribution >= 0.6 is 0 Å². The summed E-state index contributed by atoms with van der Waals surface area (Å²) in [4.78, 5) is 41.6. The highest BCUT2D eigenvalue weighted by Gasteiger charge is 2.49. The molecule has 1 unspecified atom stereocenters. The molecular formula is C24H21N3O5. The van der Waals surface area contributed by atoms with Crippen LogP contribution in [0, 0.1) is 10.1 Å². The average molecular weight is 431 g/mol. The number of ketones is 1. The van der Waals surface area contributed by atoms with Crippen LogP contribution in [0.3, 0.4) is 0 Å². The van der Waals surface area contributed by atoms with E-state index in [4.69, 9.17) is 0 Å². The number of likely N-dealkylation sites (tertiary alicyclic amines) is 1. The number of aliphatic hydroxyl groups excluding tert-OH is 1. The van der Waals surface area contributed by atoms with Gasteiger partial charge in [-0.3, -0.25) is 19.7 Å². The van der Waals surface area contributed by atoms with Gasteiger partial charge in [-0.1, -0.05) is 31.0 Å². The van der Waals surface area contributed by atoms with Crippen molar-refractivity contribution in [1.82, 2.24) is 9.88 Å². The van der Waals surface area contributed by atoms with Crippen molar-refractivity contribution < 1.29 is 19.6 Å². The Balaban J connectivity index is 1.70. The number of hydrogen-bond acceptors (Lipinski definition) is 5. The summed E-state index contributed by atoms with van der Waals surface area (Å²) >= 11 is 0. The number of hydrogen-bond donors (Lipinski definition) is 2. The molecule has 1 aliphatic carbocycles. The van der Waals surface area contributed by atoms with Crippen LogP contribution in [-0.2, 0) is 9.59 Å². The summed E-state index contributed by atoms with van der Waals surface area (Å²) in [5.74, 6) is -1.67. The number of nitro benzene ring substituents is 1. The zero-order chi connectivity index (χ0) is 22.4. The first-order valence-electron chi connectivity index (χ1n) is 10.6. The van der Waals surface area contributed by atoms with Crippen LogP contribution in [0.15, 0.2) is 60.3 Å². The predicted octanol–water partition coefficient (Wildman–Crippen LogP) is 4.44. The molecule has 1 saturated heterocycles. The number of carbonyl (C=O) groups excluding carboxylic acids is 2. The van der Waals surface area contributed by atoms with Crippen molar-refractivity contribution in [3.05, 3.63) is 81.5 Å². The highest BCUT2D eigenvalue weighted by Crippen LogP contribution is 2.45. The Morgan fingerprint density at radius 3 is 2.44 bits per heavy atom. The van der Waals surface area contributed by atoms with Crippen LogP contribution in [-0.4, -0.2) is 37.6 Å². The molecule has 1 atom stereocenters. The minimum atomic E-state index is -0.733. The monoisotopic (exact) mass is 431 g/mol. The first kappa shape index (κ1) is 20.0. The largest absolute Gasteiger partial charge is 0.507 e. The van der Waals surface area contributed by atoms with Crippen LogP contribution in [0.5, 0.6) is 0 Å². The molecule has 2 aliphatic rings. The van der Waals surface area contributed by atoms with Crippen LogP contribution in [0.2, 0.25) is 0 Å². The minimum Gasteiger partial charge on any atom is -0.507 e. The van der Waals surface area contributed by atoms with Crippen molar-refractivity contribution in [1.29, 1.82) is 0 Å². The summed E-state index contributed by atoms with van der Waals surface area (Å²) in [6, 6.07) is 12.1. The molecule has 8 nitrogen and oxygen atoms in total. The van der Waals surface area contributed by atoms with E-state index in [9.17, 15) is 24.8 Å². The second-order valence-corrected chi connectivity index (χ2v) is 8.24. The van der Waals surface area contributed by atoms with Gasteiger partial charge in [0.05, 0.1) is 16.5 Å². The van der Waals surface area contributed by atoms with Gasteiger partial charge in [0.15, 0.2) is 0 Å². The number of aliphatic hydroxyl groups is 1. The maximum atomic E-state index is 13.2. The Hall–Kier alpha value is -3.94. The smallest absolute Gasteiger partial charge is 0.295 e. The number of fused-ring (bicyclic) bond motifs is 1. The van der Waals surface area contributed by atoms with Gasteiger partial charge in [-0.25, -0.2) is 0 Å². The number of aromatic amines is 1. The Morgan fingerprint density at radius 2 is 1.75 bits per heavy atom. The van der Waals surface area contributed by atoms with Crippen LogP contribution in [0.4, 0.5) is 5.69 Å². The number of amides is 1. The molecule has 0 radical (unpaired) electrons. The zero-order valence-corrected chi connectivity index (χ0v) is 17.2. The highest BCUT2D eigenvalue weighted by atomic mass is 16.6. The lowest BCUT2D eigenvalue weighted by Crippen LogP contribution is -2.37. The first-order valence-corrected chi connectivity index (χ1v) is 10.6. The zero-order valence-electron chi connectivity index (χ0n) is 17.2. The number of aromatic nitrogens is 1. The van der Waals surface area contributed by atoms with Gasteiger partial charge in [-0.15, -0.1) is 0 Å². The summed E-state index contributed by atoms with van der Waals surface area (Å²) in [7, 11) is 0. The molecule has 2 fully saturated rings. The SMILES string of the molecule is O=C1C(=O)N(C2CCCC2)C(c2c[nH]c3ccccc23)/C1=C(\O)c1ccc([N+](=O)[O-])cc1. The molecule has 1 aromatic heterocycles. The van der Waals surface area contributed by atoms with E-state index in [1.165, 1.54) is 24.3 Å². The first-order chi connectivity index (χ1) is 15.5. The molecule has 2 heterocycles. The number of nitro groups is 1. The molecule has 1 saturated carbocycles. The number of nitrogens with zero attached hydrogens (tertiary/aromatic N) is 2. The third kappa shape index (κ3) is 3.07. The van der Waals surface area contributed by atoms with E-state index in [1.54, 1.807) is 11.1 Å². The minimum absolute atomic E-state index is 0.0144. The standard InChI is InChI=1S/C24H21N3O5/c28-22(14-9-11-16(12-10-14)27(31)32)20-21(18-13-25-19-8-4-3-7-17(18)19)26(24(30)23(20)29)15-5-1-2-6-15/h3-4,7-13,15,21,25,28H,1-2,5-6H2/b22-20+. The lowest BCUT2D eigenvalue weighted by Gasteiger charge is -2.30. The molecule has 162 valence electrons. The molecule has 5 rings (SSSR count). The summed E-state index contributed by atoms with van der Waals surface area (Å²) in [5, 5.41) is 23.0. The predicted molar refractivity (Wildman–Crippen MR) is 118 cm³/mol. The Labute approximate surface area is 183 Å². The van der Waals surface area contributed by atoms with Gasteiger partial charge >= 0.3 is 0 Å². The number of carbonyl (C=O) groups is 2. The van der Waals surface area contributed by atoms with Gasteiger partial charge in [-0.05, 0) is 31.0 Å². The van der Waals surface area contributed by atoms with Gasteiger partial charge in [-0.2, -0.15) is 0 Å². The Morgan fingerprint density at radius 1 is 1.06 bits per heavy atom. The number of rotatable bonds is 4. The second-order valence-electron chi connectivity index (χ2n) is 8.24. The maximum absolute atomic E-state index is 13.2. The normalized spacial score (nSPS) is 21.0. The molecule has 32 heavy (non-hydrogen) atoms. The molecular weight excluding hydrogens is 410 g/mol. The van der Waals surface area contributed by atoms with Crippen molar-refractivity contribution in [2.24, 2.45) is 0 Å². The number of nitrogens with one attached hydrogen (secondary N) is 1. The number of benzene rings is 2. The molecule has 0 spiro atoms. The van der Waals surface area contributed by atoms with Gasteiger partial charge in [0.2, 0.25) is 0 Å². The lowest BCUT2D eigenvalue weighted by atomic mass is 9.94. The highest BCUT2D eigenvalue weighted by molar-refractivity contribution is 6.46. The third-order valence-electron chi connectivity index (χ3n) is 6.47. The topological polar surface area (TPSA) is 117 Å². The van der Waals surface area contributed by atoms with Gasteiger partial charge in [0, 0.05) is 46.4 Å². The molecule has 1 amide bonds. The van der Waals surface area contributed by atoms with Crippen molar-refractivity contribution in [3.8, 4) is 0 Å². The molecule has 3 aromatic rings. The lowest BCUT2D eigenvalue weighted by molar-refractivity contribution is -0.384. The van der Waals surface area contributed by atoms with Crippen molar-refractivity contribution in [2.45, 2.75) is 37.8 Å². The van der Waals surface area contributed by atoms with E-state index in [0.29, 0.717) is 0 Å². The summed E-state index contributed by atoms with van der Waals surface area (Å²) in [6.07, 6.45) is 5.37. The Kier molecular flexibility index (Phi) is 4.77. The Bertz CT molecular complexity index is 1270. The van der Waals surface area contributed by atoms with Crippen LogP contribution < -0.4 is 0 Å². The number of non-ortho nitro benzene ring substituents is 1. The number of para-hydroxylation sites is 1. The van der Waals surface area contributed by atoms with Crippen molar-refractivity contribution in [2.75, 3.05) is 0 Å². The van der Waals surface area contributed by atoms with E-state index >= 15 is 0 Å². The van der Waals surface area contributed by atoms with E-state index in [0.717, 1.165) is 42.1 Å². The molecule has 0 bridgehead atoms. The number of Topliss-reactive ketones (excluding diaryl/α,β-unsaturated/α-hetero) is 1. The van der Waals surface area contributed by atoms with E-state index < -0.39 is 22.7 Å². The van der Waals surface area contributed by atoms with E-state index in [-0.39, 0.29) is 28.6 Å². The second kappa shape index (κ2) is 7.64. The summed E-state index contributed by atoms with van der Waals surface area (Å²) in [6.45, 7) is 0. The third-order valence-corrected chi connectivity index (χ3v) is 6.47. The van der Waals surface area contributed by atoms with Crippen LogP contribution in [0.25, 0.3) is 16.7 Å². The summed E-state index contributed by atoms with van der Waals surface area (Å²) < 4.78 is 0. The molecule has 2 aromatic carbocycles. The molecule has 2 N–H and O–H groups in total. The van der Waals surface area contributed by atoms with Crippen LogP contribution in [0.1, 0.15) is 42.9 Å². The summed E-state index contributed by atoms with van der Waals surface area (Å²) in [5.41, 5.74) is 1.76. The fourth-order valence-corrected chi connectivity index (χ4v) is 4.93. The average Bonchev–Trinajstić information content (AvgIpc) is 3.52. The van der Waals surface area contributed by atoms with E-state index in [1.807, 2.05) is 24.3 Å². The van der Waals surface area contributed by atoms with Gasteiger partial charge in [0.1, 0.15) is 5.76 Å². The fourth-order valence-electron chi connectivity index (χ4n) is 4.93. The quantitative estimate of drug-likeness (QED) is 0.208. The molecule has 8 heteroatoms. The van der Waals surface area contributed by atoms with Crippen molar-refractivity contribution >= 4 is 34.0 Å². The van der Waals surface area contributed by atoms with E-state index in [2.05, 4.69) is 4.98 Å². The van der Waals surface area contributed by atoms with Gasteiger partial charge < -0.3 is 15.0 Å². The molecule has 1 aliphatic heterocycles. The number of H-pyrrole nitrogens is 1.